The van der Waals surface area contributed by atoms with E-state index < -0.39 is 6.03 Å². The fourth-order valence-corrected chi connectivity index (χ4v) is 2.05. The Morgan fingerprint density at radius 2 is 1.70 bits per heavy atom. The van der Waals surface area contributed by atoms with E-state index in [2.05, 4.69) is 16.0 Å². The number of para-hydroxylation sites is 1. The fraction of sp³-hybridized carbons (Fsp3) is 0.176. The highest BCUT2D eigenvalue weighted by molar-refractivity contribution is 6.33. The highest BCUT2D eigenvalue weighted by Crippen LogP contribution is 2.19. The standard InChI is InChI=1S/C17H18ClN3O2/c1-12-6-8-13(9-7-12)10-19-17(23)20-11-16(22)21-15-5-3-2-4-14(15)18/h2-9H,10-11H2,1H3,(H,21,22)(H2,19,20,23). The van der Waals surface area contributed by atoms with Crippen LogP contribution in [0.2, 0.25) is 5.02 Å². The van der Waals surface area contributed by atoms with Crippen LogP contribution in [0.3, 0.4) is 0 Å². The smallest absolute Gasteiger partial charge is 0.315 e. The van der Waals surface area contributed by atoms with Crippen LogP contribution in [0.15, 0.2) is 48.5 Å². The second-order valence-corrected chi connectivity index (χ2v) is 5.46. The van der Waals surface area contributed by atoms with Crippen molar-refractivity contribution in [2.24, 2.45) is 0 Å². The van der Waals surface area contributed by atoms with Gasteiger partial charge in [-0.25, -0.2) is 4.79 Å². The molecule has 0 radical (unpaired) electrons. The molecule has 2 rings (SSSR count). The average molecular weight is 332 g/mol. The molecule has 2 aromatic carbocycles. The summed E-state index contributed by atoms with van der Waals surface area (Å²) in [7, 11) is 0. The number of rotatable bonds is 5. The highest BCUT2D eigenvalue weighted by atomic mass is 35.5. The molecule has 0 bridgehead atoms. The monoisotopic (exact) mass is 331 g/mol. The molecule has 3 amide bonds. The molecule has 2 aromatic rings. The number of amides is 3. The van der Waals surface area contributed by atoms with Crippen LogP contribution in [0, 0.1) is 6.92 Å². The van der Waals surface area contributed by atoms with E-state index in [4.69, 9.17) is 11.6 Å². The van der Waals surface area contributed by atoms with E-state index in [1.165, 1.54) is 0 Å². The van der Waals surface area contributed by atoms with Gasteiger partial charge in [0, 0.05) is 6.54 Å². The van der Waals surface area contributed by atoms with Crippen molar-refractivity contribution >= 4 is 29.2 Å². The van der Waals surface area contributed by atoms with Crippen molar-refractivity contribution in [1.29, 1.82) is 0 Å². The second kappa shape index (κ2) is 8.19. The van der Waals surface area contributed by atoms with E-state index in [1.54, 1.807) is 24.3 Å². The number of hydrogen-bond donors (Lipinski definition) is 3. The number of carbonyl (C=O) groups is 2. The average Bonchev–Trinajstić information content (AvgIpc) is 2.54. The van der Waals surface area contributed by atoms with E-state index in [0.29, 0.717) is 17.3 Å². The van der Waals surface area contributed by atoms with Crippen molar-refractivity contribution in [3.63, 3.8) is 0 Å². The Hall–Kier alpha value is -2.53. The van der Waals surface area contributed by atoms with Gasteiger partial charge < -0.3 is 16.0 Å². The Labute approximate surface area is 140 Å². The third-order valence-corrected chi connectivity index (χ3v) is 3.46. The molecule has 0 atom stereocenters. The SMILES string of the molecule is Cc1ccc(CNC(=O)NCC(=O)Nc2ccccc2Cl)cc1. The number of urea groups is 1. The van der Waals surface area contributed by atoms with Crippen LogP contribution in [0.4, 0.5) is 10.5 Å². The van der Waals surface area contributed by atoms with Crippen LogP contribution in [0.1, 0.15) is 11.1 Å². The Balaban J connectivity index is 1.72. The summed E-state index contributed by atoms with van der Waals surface area (Å²) < 4.78 is 0. The van der Waals surface area contributed by atoms with Gasteiger partial charge in [0.25, 0.3) is 0 Å². The van der Waals surface area contributed by atoms with E-state index in [-0.39, 0.29) is 12.5 Å². The van der Waals surface area contributed by atoms with Crippen molar-refractivity contribution in [2.75, 3.05) is 11.9 Å². The molecule has 0 unspecified atom stereocenters. The molecular weight excluding hydrogens is 314 g/mol. The summed E-state index contributed by atoms with van der Waals surface area (Å²) in [6.45, 7) is 2.27. The lowest BCUT2D eigenvalue weighted by molar-refractivity contribution is -0.115. The van der Waals surface area contributed by atoms with Crippen LogP contribution < -0.4 is 16.0 Å². The van der Waals surface area contributed by atoms with Crippen molar-refractivity contribution in [3.8, 4) is 0 Å². The number of anilines is 1. The van der Waals surface area contributed by atoms with E-state index in [1.807, 2.05) is 31.2 Å². The first kappa shape index (κ1) is 16.8. The molecule has 5 nitrogen and oxygen atoms in total. The quantitative estimate of drug-likeness (QED) is 0.788. The summed E-state index contributed by atoms with van der Waals surface area (Å²) in [5, 5.41) is 8.27. The van der Waals surface area contributed by atoms with Gasteiger partial charge in [0.05, 0.1) is 17.3 Å². The fourth-order valence-electron chi connectivity index (χ4n) is 1.87. The topological polar surface area (TPSA) is 70.2 Å². The largest absolute Gasteiger partial charge is 0.334 e. The molecule has 0 aliphatic carbocycles. The van der Waals surface area contributed by atoms with Crippen LogP contribution in [-0.4, -0.2) is 18.5 Å². The normalized spacial score (nSPS) is 10.0. The lowest BCUT2D eigenvalue weighted by atomic mass is 10.1. The predicted molar refractivity (Wildman–Crippen MR) is 91.5 cm³/mol. The third-order valence-electron chi connectivity index (χ3n) is 3.13. The molecule has 0 aliphatic heterocycles. The van der Waals surface area contributed by atoms with Crippen LogP contribution in [-0.2, 0) is 11.3 Å². The van der Waals surface area contributed by atoms with Crippen LogP contribution >= 0.6 is 11.6 Å². The molecule has 6 heteroatoms. The molecule has 0 aliphatic rings. The number of carbonyl (C=O) groups excluding carboxylic acids is 2. The Bertz CT molecular complexity index is 686. The lowest BCUT2D eigenvalue weighted by Gasteiger charge is -2.09. The van der Waals surface area contributed by atoms with Crippen molar-refractivity contribution in [1.82, 2.24) is 10.6 Å². The summed E-state index contributed by atoms with van der Waals surface area (Å²) in [5.74, 6) is -0.344. The minimum absolute atomic E-state index is 0.134. The first-order chi connectivity index (χ1) is 11.0. The lowest BCUT2D eigenvalue weighted by Crippen LogP contribution is -2.39. The van der Waals surface area contributed by atoms with Gasteiger partial charge in [-0.15, -0.1) is 0 Å². The highest BCUT2D eigenvalue weighted by Gasteiger charge is 2.07. The van der Waals surface area contributed by atoms with Gasteiger partial charge in [-0.2, -0.15) is 0 Å². The molecule has 120 valence electrons. The predicted octanol–water partition coefficient (Wildman–Crippen LogP) is 3.09. The summed E-state index contributed by atoms with van der Waals surface area (Å²) in [5.41, 5.74) is 2.67. The van der Waals surface area contributed by atoms with Gasteiger partial charge in [-0.05, 0) is 24.6 Å². The molecule has 23 heavy (non-hydrogen) atoms. The van der Waals surface area contributed by atoms with Gasteiger partial charge in [-0.3, -0.25) is 4.79 Å². The van der Waals surface area contributed by atoms with Gasteiger partial charge >= 0.3 is 6.03 Å². The van der Waals surface area contributed by atoms with Crippen molar-refractivity contribution < 1.29 is 9.59 Å². The van der Waals surface area contributed by atoms with Gasteiger partial charge in [0.15, 0.2) is 0 Å². The van der Waals surface area contributed by atoms with Crippen LogP contribution in [0.25, 0.3) is 0 Å². The molecular formula is C17H18ClN3O2. The molecule has 0 fully saturated rings. The maximum Gasteiger partial charge on any atom is 0.315 e. The number of halogens is 1. The minimum atomic E-state index is -0.403. The summed E-state index contributed by atoms with van der Waals surface area (Å²) in [4.78, 5) is 23.4. The molecule has 3 N–H and O–H groups in total. The molecule has 0 heterocycles. The Kier molecular flexibility index (Phi) is 6.00. The number of nitrogens with one attached hydrogen (secondary N) is 3. The summed E-state index contributed by atoms with van der Waals surface area (Å²) >= 11 is 5.95. The first-order valence-electron chi connectivity index (χ1n) is 7.16. The van der Waals surface area contributed by atoms with Crippen molar-refractivity contribution in [3.05, 3.63) is 64.7 Å². The number of benzene rings is 2. The maximum atomic E-state index is 11.8. The zero-order valence-electron chi connectivity index (χ0n) is 12.7. The molecule has 0 saturated carbocycles. The molecule has 0 aromatic heterocycles. The Morgan fingerprint density at radius 1 is 1.00 bits per heavy atom. The number of aryl methyl sites for hydroxylation is 1. The van der Waals surface area contributed by atoms with Crippen LogP contribution in [0.5, 0.6) is 0 Å². The van der Waals surface area contributed by atoms with Gasteiger partial charge in [0.2, 0.25) is 5.91 Å². The Morgan fingerprint density at radius 3 is 2.39 bits per heavy atom. The maximum absolute atomic E-state index is 11.8. The third kappa shape index (κ3) is 5.64. The van der Waals surface area contributed by atoms with Gasteiger partial charge in [-0.1, -0.05) is 53.6 Å². The summed E-state index contributed by atoms with van der Waals surface area (Å²) in [6.07, 6.45) is 0. The zero-order valence-corrected chi connectivity index (χ0v) is 13.5. The van der Waals surface area contributed by atoms with Gasteiger partial charge in [0.1, 0.15) is 0 Å². The van der Waals surface area contributed by atoms with E-state index >= 15 is 0 Å². The number of hydrogen-bond acceptors (Lipinski definition) is 2. The molecule has 0 saturated heterocycles. The zero-order chi connectivity index (χ0) is 16.7. The van der Waals surface area contributed by atoms with Crippen molar-refractivity contribution in [2.45, 2.75) is 13.5 Å². The van der Waals surface area contributed by atoms with E-state index in [9.17, 15) is 9.59 Å². The second-order valence-electron chi connectivity index (χ2n) is 5.05. The first-order valence-corrected chi connectivity index (χ1v) is 7.54. The minimum Gasteiger partial charge on any atom is -0.334 e. The molecule has 0 spiro atoms. The van der Waals surface area contributed by atoms with E-state index in [0.717, 1.165) is 11.1 Å². The summed E-state index contributed by atoms with van der Waals surface area (Å²) in [6, 6.07) is 14.4.